The van der Waals surface area contributed by atoms with Gasteiger partial charge in [0.15, 0.2) is 0 Å². The predicted octanol–water partition coefficient (Wildman–Crippen LogP) is 4.43. The number of hydrogen-bond acceptors (Lipinski definition) is 4. The molecule has 0 saturated heterocycles. The first-order chi connectivity index (χ1) is 14.2. The van der Waals surface area contributed by atoms with Crippen molar-refractivity contribution in [3.63, 3.8) is 0 Å². The Bertz CT molecular complexity index is 967. The van der Waals surface area contributed by atoms with Gasteiger partial charge in [-0.05, 0) is 50.1 Å². The van der Waals surface area contributed by atoms with Crippen LogP contribution < -0.4 is 10.6 Å². The minimum atomic E-state index is -4.78. The number of amides is 2. The van der Waals surface area contributed by atoms with Gasteiger partial charge < -0.3 is 15.4 Å². The molecule has 2 aromatic carbocycles. The molecule has 2 N–H and O–H groups in total. The van der Waals surface area contributed by atoms with Gasteiger partial charge in [-0.2, -0.15) is 13.2 Å². The van der Waals surface area contributed by atoms with Gasteiger partial charge in [-0.25, -0.2) is 4.79 Å². The molecule has 31 heavy (non-hydrogen) atoms. The van der Waals surface area contributed by atoms with E-state index in [2.05, 4.69) is 5.32 Å². The average molecular weight is 438 g/mol. The minimum absolute atomic E-state index is 0.644. The van der Waals surface area contributed by atoms with E-state index in [1.807, 2.05) is 41.7 Å². The van der Waals surface area contributed by atoms with Gasteiger partial charge in [0.2, 0.25) is 5.78 Å². The summed E-state index contributed by atoms with van der Waals surface area (Å²) in [5.41, 5.74) is -0.310. The number of hydrogen-bond donors (Lipinski definition) is 2. The molecule has 0 spiro atoms. The quantitative estimate of drug-likeness (QED) is 0.654. The topological polar surface area (TPSA) is 84.5 Å². The number of Topliss-reactive ketones (excluding diaryl/α,β-unsaturated/α-hetero) is 1. The Labute approximate surface area is 178 Å². The molecule has 2 amide bonds. The van der Waals surface area contributed by atoms with Crippen molar-refractivity contribution in [2.45, 2.75) is 58.0 Å². The molecule has 0 fully saturated rings. The highest BCUT2D eigenvalue weighted by molar-refractivity contribution is 6.38. The van der Waals surface area contributed by atoms with Crippen LogP contribution in [-0.4, -0.2) is 35.6 Å². The molecule has 6 nitrogen and oxygen atoms in total. The number of alkyl halides is 3. The Balaban J connectivity index is 2.12. The van der Waals surface area contributed by atoms with E-state index in [9.17, 15) is 27.6 Å². The number of fused-ring (bicyclic) bond motifs is 1. The second-order valence-corrected chi connectivity index (χ2v) is 8.18. The van der Waals surface area contributed by atoms with Crippen LogP contribution in [0.3, 0.4) is 0 Å². The lowest BCUT2D eigenvalue weighted by Crippen LogP contribution is -2.50. The van der Waals surface area contributed by atoms with Crippen LogP contribution in [-0.2, 0) is 14.3 Å². The van der Waals surface area contributed by atoms with E-state index >= 15 is 0 Å². The lowest BCUT2D eigenvalue weighted by Gasteiger charge is -2.24. The van der Waals surface area contributed by atoms with Crippen LogP contribution in [0.5, 0.6) is 0 Å². The number of carbonyl (C=O) groups is 3. The molecule has 0 saturated carbocycles. The van der Waals surface area contributed by atoms with E-state index < -0.39 is 48.1 Å². The highest BCUT2D eigenvalue weighted by Gasteiger charge is 2.39. The largest absolute Gasteiger partial charge is 0.444 e. The van der Waals surface area contributed by atoms with Gasteiger partial charge in [0.25, 0.3) is 5.91 Å². The van der Waals surface area contributed by atoms with Gasteiger partial charge in [-0.15, -0.1) is 0 Å². The second-order valence-electron chi connectivity index (χ2n) is 8.18. The Morgan fingerprint density at radius 2 is 1.58 bits per heavy atom. The van der Waals surface area contributed by atoms with Gasteiger partial charge in [-0.1, -0.05) is 36.4 Å². The number of halogens is 3. The van der Waals surface area contributed by atoms with Crippen LogP contribution in [0.25, 0.3) is 10.8 Å². The van der Waals surface area contributed by atoms with Crippen molar-refractivity contribution >= 4 is 28.6 Å². The summed E-state index contributed by atoms with van der Waals surface area (Å²) in [6, 6.07) is 10.2. The second kappa shape index (κ2) is 9.36. The first-order valence-electron chi connectivity index (χ1n) is 9.65. The Hall–Kier alpha value is -3.10. The number of benzene rings is 2. The number of nitrogens with one attached hydrogen (secondary N) is 2. The fourth-order valence-electron chi connectivity index (χ4n) is 2.88. The number of ketones is 1. The fourth-order valence-corrected chi connectivity index (χ4v) is 2.88. The standard InChI is InChI=1S/C22H25F3N2O4/c1-13(15-10-9-14-7-5-6-8-16(14)11-15)26-19(29)18(28)17(12-22(23,24)25)27-20(30)31-21(2,3)4/h5-11,13,17H,12H2,1-4H3,(H,26,29)(H,27,30)/t13-,17?/m0/s1. The summed E-state index contributed by atoms with van der Waals surface area (Å²) in [7, 11) is 0. The maximum atomic E-state index is 12.9. The van der Waals surface area contributed by atoms with Crippen LogP contribution in [0, 0.1) is 0 Å². The average Bonchev–Trinajstić information content (AvgIpc) is 2.63. The summed E-state index contributed by atoms with van der Waals surface area (Å²) in [5.74, 6) is -2.64. The summed E-state index contributed by atoms with van der Waals surface area (Å²) in [6.07, 6.45) is -7.69. The van der Waals surface area contributed by atoms with Crippen molar-refractivity contribution < 1.29 is 32.3 Å². The zero-order valence-electron chi connectivity index (χ0n) is 17.7. The highest BCUT2D eigenvalue weighted by atomic mass is 19.4. The molecular weight excluding hydrogens is 413 g/mol. The molecule has 0 aromatic heterocycles. The van der Waals surface area contributed by atoms with Crippen LogP contribution in [0.1, 0.15) is 45.7 Å². The van der Waals surface area contributed by atoms with E-state index in [0.29, 0.717) is 5.56 Å². The van der Waals surface area contributed by atoms with E-state index in [4.69, 9.17) is 4.74 Å². The molecule has 0 aliphatic carbocycles. The Morgan fingerprint density at radius 1 is 0.968 bits per heavy atom. The third kappa shape index (κ3) is 7.58. The van der Waals surface area contributed by atoms with Crippen LogP contribution in [0.15, 0.2) is 42.5 Å². The minimum Gasteiger partial charge on any atom is -0.444 e. The number of ether oxygens (including phenoxy) is 1. The molecule has 168 valence electrons. The number of carbonyl (C=O) groups excluding carboxylic acids is 3. The van der Waals surface area contributed by atoms with Crippen molar-refractivity contribution in [1.82, 2.24) is 10.6 Å². The Kier molecular flexibility index (Phi) is 7.30. The van der Waals surface area contributed by atoms with Crippen molar-refractivity contribution in [2.75, 3.05) is 0 Å². The van der Waals surface area contributed by atoms with Crippen molar-refractivity contribution in [3.05, 3.63) is 48.0 Å². The summed E-state index contributed by atoms with van der Waals surface area (Å²) in [5, 5.41) is 6.15. The number of rotatable bonds is 6. The maximum absolute atomic E-state index is 12.9. The molecule has 2 aromatic rings. The van der Waals surface area contributed by atoms with E-state index in [1.54, 1.807) is 13.0 Å². The molecule has 0 radical (unpaired) electrons. The first-order valence-corrected chi connectivity index (χ1v) is 9.65. The lowest BCUT2D eigenvalue weighted by molar-refractivity contribution is -0.152. The normalized spacial score (nSPS) is 13.9. The maximum Gasteiger partial charge on any atom is 0.408 e. The zero-order valence-corrected chi connectivity index (χ0v) is 17.7. The third-order valence-electron chi connectivity index (χ3n) is 4.29. The predicted molar refractivity (Wildman–Crippen MR) is 109 cm³/mol. The first kappa shape index (κ1) is 24.2. The molecule has 2 rings (SSSR count). The molecule has 0 aliphatic heterocycles. The fraction of sp³-hybridized carbons (Fsp3) is 0.409. The van der Waals surface area contributed by atoms with Gasteiger partial charge in [0, 0.05) is 0 Å². The van der Waals surface area contributed by atoms with Gasteiger partial charge in [0.1, 0.15) is 11.6 Å². The summed E-state index contributed by atoms with van der Waals surface area (Å²) >= 11 is 0. The SMILES string of the molecule is C[C@H](NC(=O)C(=O)C(CC(F)(F)F)NC(=O)OC(C)(C)C)c1ccc2ccccc2c1. The van der Waals surface area contributed by atoms with Crippen LogP contribution in [0.4, 0.5) is 18.0 Å². The van der Waals surface area contributed by atoms with Gasteiger partial charge in [-0.3, -0.25) is 9.59 Å². The molecule has 2 atom stereocenters. The van der Waals surface area contributed by atoms with Gasteiger partial charge in [0.05, 0.1) is 12.5 Å². The third-order valence-corrected chi connectivity index (χ3v) is 4.29. The molecular formula is C22H25F3N2O4. The monoisotopic (exact) mass is 438 g/mol. The number of alkyl carbamates (subject to hydrolysis) is 1. The van der Waals surface area contributed by atoms with Crippen molar-refractivity contribution in [2.24, 2.45) is 0 Å². The van der Waals surface area contributed by atoms with Crippen molar-refractivity contribution in [3.8, 4) is 0 Å². The lowest BCUT2D eigenvalue weighted by atomic mass is 10.0. The van der Waals surface area contributed by atoms with E-state index in [-0.39, 0.29) is 0 Å². The van der Waals surface area contributed by atoms with E-state index in [1.165, 1.54) is 20.8 Å². The zero-order chi connectivity index (χ0) is 23.4. The van der Waals surface area contributed by atoms with Crippen LogP contribution in [0.2, 0.25) is 0 Å². The smallest absolute Gasteiger partial charge is 0.408 e. The van der Waals surface area contributed by atoms with Crippen LogP contribution >= 0.6 is 0 Å². The summed E-state index contributed by atoms with van der Waals surface area (Å²) in [4.78, 5) is 36.6. The Morgan fingerprint density at radius 3 is 2.16 bits per heavy atom. The van der Waals surface area contributed by atoms with Crippen molar-refractivity contribution in [1.29, 1.82) is 0 Å². The molecule has 9 heteroatoms. The summed E-state index contributed by atoms with van der Waals surface area (Å²) < 4.78 is 43.7. The molecule has 0 heterocycles. The molecule has 0 aliphatic rings. The van der Waals surface area contributed by atoms with E-state index in [0.717, 1.165) is 10.8 Å². The molecule has 1 unspecified atom stereocenters. The highest BCUT2D eigenvalue weighted by Crippen LogP contribution is 2.23. The van der Waals surface area contributed by atoms with Gasteiger partial charge >= 0.3 is 12.3 Å². The molecule has 0 bridgehead atoms. The summed E-state index contributed by atoms with van der Waals surface area (Å²) in [6.45, 7) is 6.16.